The van der Waals surface area contributed by atoms with Crippen molar-refractivity contribution in [2.24, 2.45) is 0 Å². The number of aryl methyl sites for hydroxylation is 1. The predicted molar refractivity (Wildman–Crippen MR) is 106 cm³/mol. The van der Waals surface area contributed by atoms with Crippen molar-refractivity contribution in [2.75, 3.05) is 43.1 Å². The van der Waals surface area contributed by atoms with Gasteiger partial charge in [-0.25, -0.2) is 0 Å². The maximum Gasteiger partial charge on any atom is 0.243 e. The summed E-state index contributed by atoms with van der Waals surface area (Å²) >= 11 is 0. The van der Waals surface area contributed by atoms with E-state index in [-0.39, 0.29) is 24.8 Å². The topological polar surface area (TPSA) is 70.7 Å². The van der Waals surface area contributed by atoms with Crippen LogP contribution in [0.4, 0.5) is 11.4 Å². The molecule has 1 heterocycles. The van der Waals surface area contributed by atoms with E-state index in [1.807, 2.05) is 55.5 Å². The molecule has 0 unspecified atom stereocenters. The van der Waals surface area contributed by atoms with E-state index < -0.39 is 0 Å². The first-order chi connectivity index (χ1) is 13.1. The quantitative estimate of drug-likeness (QED) is 0.821. The summed E-state index contributed by atoms with van der Waals surface area (Å²) in [5.74, 6) is -0.408. The van der Waals surface area contributed by atoms with E-state index in [2.05, 4.69) is 15.5 Å². The van der Waals surface area contributed by atoms with Crippen LogP contribution >= 0.6 is 0 Å². The van der Waals surface area contributed by atoms with Gasteiger partial charge in [-0.15, -0.1) is 0 Å². The highest BCUT2D eigenvalue weighted by Gasteiger charge is 2.16. The van der Waals surface area contributed by atoms with Crippen molar-refractivity contribution < 1.29 is 14.3 Å². The summed E-state index contributed by atoms with van der Waals surface area (Å²) < 4.78 is 5.39. The second kappa shape index (κ2) is 9.19. The van der Waals surface area contributed by atoms with Crippen molar-refractivity contribution in [1.29, 1.82) is 0 Å². The molecule has 2 amide bonds. The standard InChI is InChI=1S/C21H25N3O3/c1-16-6-2-3-7-17(16)14-20(25)22-15-21(26)23-18-8-4-5-9-19(18)24-10-12-27-13-11-24/h2-9H,10-15H2,1H3,(H,22,25)(H,23,26). The highest BCUT2D eigenvalue weighted by Crippen LogP contribution is 2.26. The number of nitrogens with one attached hydrogen (secondary N) is 2. The monoisotopic (exact) mass is 367 g/mol. The van der Waals surface area contributed by atoms with E-state index in [0.29, 0.717) is 13.2 Å². The lowest BCUT2D eigenvalue weighted by Gasteiger charge is -2.30. The van der Waals surface area contributed by atoms with Crippen LogP contribution in [-0.2, 0) is 20.7 Å². The van der Waals surface area contributed by atoms with E-state index in [4.69, 9.17) is 4.74 Å². The van der Waals surface area contributed by atoms with Crippen molar-refractivity contribution in [3.05, 3.63) is 59.7 Å². The molecule has 6 heteroatoms. The molecule has 0 bridgehead atoms. The summed E-state index contributed by atoms with van der Waals surface area (Å²) in [6, 6.07) is 15.4. The lowest BCUT2D eigenvalue weighted by molar-refractivity contribution is -0.123. The maximum absolute atomic E-state index is 12.3. The van der Waals surface area contributed by atoms with E-state index in [1.165, 1.54) is 0 Å². The molecule has 0 saturated carbocycles. The van der Waals surface area contributed by atoms with Crippen molar-refractivity contribution in [1.82, 2.24) is 5.32 Å². The Morgan fingerprint density at radius 3 is 2.48 bits per heavy atom. The first kappa shape index (κ1) is 18.9. The van der Waals surface area contributed by atoms with Gasteiger partial charge in [0.25, 0.3) is 0 Å². The lowest BCUT2D eigenvalue weighted by atomic mass is 10.1. The van der Waals surface area contributed by atoms with Gasteiger partial charge in [-0.05, 0) is 30.2 Å². The smallest absolute Gasteiger partial charge is 0.243 e. The molecule has 3 rings (SSSR count). The van der Waals surface area contributed by atoms with Gasteiger partial charge in [0.05, 0.1) is 37.6 Å². The minimum Gasteiger partial charge on any atom is -0.378 e. The number of amides is 2. The first-order valence-electron chi connectivity index (χ1n) is 9.16. The number of anilines is 2. The fourth-order valence-corrected chi connectivity index (χ4v) is 3.08. The van der Waals surface area contributed by atoms with Gasteiger partial charge in [0.1, 0.15) is 0 Å². The molecule has 0 aliphatic carbocycles. The largest absolute Gasteiger partial charge is 0.378 e. The Morgan fingerprint density at radius 2 is 1.70 bits per heavy atom. The Kier molecular flexibility index (Phi) is 6.44. The molecule has 0 aromatic heterocycles. The Morgan fingerprint density at radius 1 is 1.00 bits per heavy atom. The number of carbonyl (C=O) groups is 2. The van der Waals surface area contributed by atoms with Crippen molar-refractivity contribution in [2.45, 2.75) is 13.3 Å². The summed E-state index contributed by atoms with van der Waals surface area (Å²) in [7, 11) is 0. The molecule has 0 spiro atoms. The number of carbonyl (C=O) groups excluding carboxylic acids is 2. The Labute approximate surface area is 159 Å². The maximum atomic E-state index is 12.3. The van der Waals surface area contributed by atoms with Crippen LogP contribution in [0.3, 0.4) is 0 Å². The van der Waals surface area contributed by atoms with Crippen LogP contribution in [-0.4, -0.2) is 44.7 Å². The summed E-state index contributed by atoms with van der Waals surface area (Å²) in [4.78, 5) is 26.6. The number of morpholine rings is 1. The number of benzene rings is 2. The third kappa shape index (κ3) is 5.31. The van der Waals surface area contributed by atoms with Gasteiger partial charge < -0.3 is 20.3 Å². The summed E-state index contributed by atoms with van der Waals surface area (Å²) in [6.45, 7) is 4.86. The second-order valence-electron chi connectivity index (χ2n) is 6.54. The Bertz CT molecular complexity index is 801. The first-order valence-corrected chi connectivity index (χ1v) is 9.16. The molecule has 2 aromatic carbocycles. The van der Waals surface area contributed by atoms with Gasteiger partial charge in [-0.1, -0.05) is 36.4 Å². The van der Waals surface area contributed by atoms with Crippen LogP contribution in [0.25, 0.3) is 0 Å². The number of para-hydroxylation sites is 2. The number of hydrogen-bond acceptors (Lipinski definition) is 4. The lowest BCUT2D eigenvalue weighted by Crippen LogP contribution is -2.37. The Hall–Kier alpha value is -2.86. The van der Waals surface area contributed by atoms with E-state index in [1.54, 1.807) is 0 Å². The minimum absolute atomic E-state index is 0.0534. The van der Waals surface area contributed by atoms with Crippen LogP contribution in [0, 0.1) is 6.92 Å². The molecule has 2 N–H and O–H groups in total. The zero-order valence-corrected chi connectivity index (χ0v) is 15.5. The van der Waals surface area contributed by atoms with E-state index in [0.717, 1.165) is 35.6 Å². The Balaban J connectivity index is 1.54. The molecule has 1 saturated heterocycles. The molecule has 27 heavy (non-hydrogen) atoms. The van der Waals surface area contributed by atoms with Gasteiger partial charge in [0.2, 0.25) is 11.8 Å². The van der Waals surface area contributed by atoms with Gasteiger partial charge in [0, 0.05) is 13.1 Å². The fourth-order valence-electron chi connectivity index (χ4n) is 3.08. The normalized spacial score (nSPS) is 13.9. The SMILES string of the molecule is Cc1ccccc1CC(=O)NCC(=O)Nc1ccccc1N1CCOCC1. The van der Waals surface area contributed by atoms with Gasteiger partial charge >= 0.3 is 0 Å². The summed E-state index contributed by atoms with van der Waals surface area (Å²) in [5.41, 5.74) is 3.75. The number of hydrogen-bond donors (Lipinski definition) is 2. The predicted octanol–water partition coefficient (Wildman–Crippen LogP) is 2.13. The molecule has 1 aliphatic heterocycles. The molecule has 0 atom stereocenters. The van der Waals surface area contributed by atoms with Crippen LogP contribution in [0.15, 0.2) is 48.5 Å². The third-order valence-electron chi connectivity index (χ3n) is 4.59. The molecule has 2 aromatic rings. The average molecular weight is 367 g/mol. The van der Waals surface area contributed by atoms with E-state index >= 15 is 0 Å². The molecular weight excluding hydrogens is 342 g/mol. The van der Waals surface area contributed by atoms with Gasteiger partial charge in [0.15, 0.2) is 0 Å². The van der Waals surface area contributed by atoms with Crippen LogP contribution in [0.2, 0.25) is 0 Å². The van der Waals surface area contributed by atoms with Crippen molar-refractivity contribution >= 4 is 23.2 Å². The van der Waals surface area contributed by atoms with Crippen LogP contribution < -0.4 is 15.5 Å². The molecule has 0 radical (unpaired) electrons. The summed E-state index contributed by atoms with van der Waals surface area (Å²) in [6.07, 6.45) is 0.268. The van der Waals surface area contributed by atoms with Gasteiger partial charge in [-0.3, -0.25) is 9.59 Å². The number of rotatable bonds is 6. The number of nitrogens with zero attached hydrogens (tertiary/aromatic N) is 1. The highest BCUT2D eigenvalue weighted by atomic mass is 16.5. The van der Waals surface area contributed by atoms with E-state index in [9.17, 15) is 9.59 Å². The second-order valence-corrected chi connectivity index (χ2v) is 6.54. The average Bonchev–Trinajstić information content (AvgIpc) is 2.69. The summed E-state index contributed by atoms with van der Waals surface area (Å²) in [5, 5.41) is 5.60. The number of ether oxygens (including phenoxy) is 1. The third-order valence-corrected chi connectivity index (χ3v) is 4.59. The zero-order chi connectivity index (χ0) is 19.1. The molecule has 6 nitrogen and oxygen atoms in total. The van der Waals surface area contributed by atoms with Crippen molar-refractivity contribution in [3.8, 4) is 0 Å². The van der Waals surface area contributed by atoms with Crippen molar-refractivity contribution in [3.63, 3.8) is 0 Å². The molecular formula is C21H25N3O3. The molecule has 1 fully saturated rings. The molecule has 142 valence electrons. The minimum atomic E-state index is -0.242. The zero-order valence-electron chi connectivity index (χ0n) is 15.5. The fraction of sp³-hybridized carbons (Fsp3) is 0.333. The van der Waals surface area contributed by atoms with Crippen LogP contribution in [0.5, 0.6) is 0 Å². The highest BCUT2D eigenvalue weighted by molar-refractivity contribution is 5.97. The molecule has 1 aliphatic rings. The van der Waals surface area contributed by atoms with Crippen LogP contribution in [0.1, 0.15) is 11.1 Å². The van der Waals surface area contributed by atoms with Gasteiger partial charge in [-0.2, -0.15) is 0 Å².